The van der Waals surface area contributed by atoms with Gasteiger partial charge in [-0.2, -0.15) is 0 Å². The minimum atomic E-state index is 0.607. The molecule has 0 N–H and O–H groups in total. The Labute approximate surface area is 204 Å². The normalized spacial score (nSPS) is 11.0. The number of benzene rings is 4. The zero-order valence-electron chi connectivity index (χ0n) is 17.5. The molecule has 0 aliphatic heterocycles. The standard InChI is InChI=1S/C26H20Br2N2O2/c1-17-7-3-5-9-23(17)31-25-15-19(27)11-13-21(25)29-30-22-14-12-20(28)16-26(22)32-24-10-6-4-8-18(24)2/h3-16H,1-2H3. The summed E-state index contributed by atoms with van der Waals surface area (Å²) in [6.07, 6.45) is 0. The van der Waals surface area contributed by atoms with Crippen LogP contribution in [0.25, 0.3) is 0 Å². The number of azo groups is 1. The maximum absolute atomic E-state index is 6.15. The highest BCUT2D eigenvalue weighted by Crippen LogP contribution is 2.39. The Balaban J connectivity index is 1.67. The minimum absolute atomic E-state index is 0.607. The monoisotopic (exact) mass is 550 g/mol. The highest BCUT2D eigenvalue weighted by Gasteiger charge is 2.10. The van der Waals surface area contributed by atoms with Crippen molar-refractivity contribution in [2.24, 2.45) is 10.2 Å². The lowest BCUT2D eigenvalue weighted by Gasteiger charge is -2.12. The molecule has 0 aliphatic carbocycles. The molecule has 0 bridgehead atoms. The number of hydrogen-bond acceptors (Lipinski definition) is 4. The van der Waals surface area contributed by atoms with E-state index in [4.69, 9.17) is 9.47 Å². The lowest BCUT2D eigenvalue weighted by molar-refractivity contribution is 0.477. The molecule has 0 aliphatic rings. The second kappa shape index (κ2) is 10.1. The molecule has 160 valence electrons. The summed E-state index contributed by atoms with van der Waals surface area (Å²) < 4.78 is 14.1. The summed E-state index contributed by atoms with van der Waals surface area (Å²) in [5, 5.41) is 8.96. The Morgan fingerprint density at radius 3 is 1.34 bits per heavy atom. The van der Waals surface area contributed by atoms with Crippen molar-refractivity contribution in [3.8, 4) is 23.0 Å². The molecule has 6 heteroatoms. The van der Waals surface area contributed by atoms with Gasteiger partial charge in [0.25, 0.3) is 0 Å². The summed E-state index contributed by atoms with van der Waals surface area (Å²) in [5.41, 5.74) is 3.30. The average Bonchev–Trinajstić information content (AvgIpc) is 2.77. The predicted octanol–water partition coefficient (Wildman–Crippen LogP) is 9.83. The van der Waals surface area contributed by atoms with Gasteiger partial charge in [-0.1, -0.05) is 68.3 Å². The Hall–Kier alpha value is -2.96. The lowest BCUT2D eigenvalue weighted by Crippen LogP contribution is -1.88. The predicted molar refractivity (Wildman–Crippen MR) is 135 cm³/mol. The van der Waals surface area contributed by atoms with Gasteiger partial charge in [-0.15, -0.1) is 10.2 Å². The molecule has 0 heterocycles. The molecule has 0 unspecified atom stereocenters. The van der Waals surface area contributed by atoms with Crippen molar-refractivity contribution in [2.45, 2.75) is 13.8 Å². The molecular weight excluding hydrogens is 532 g/mol. The Bertz CT molecular complexity index is 1190. The zero-order valence-corrected chi connectivity index (χ0v) is 20.7. The van der Waals surface area contributed by atoms with E-state index in [0.29, 0.717) is 22.9 Å². The van der Waals surface area contributed by atoms with Crippen LogP contribution in [0.1, 0.15) is 11.1 Å². The van der Waals surface area contributed by atoms with Crippen molar-refractivity contribution in [2.75, 3.05) is 0 Å². The molecule has 4 nitrogen and oxygen atoms in total. The van der Waals surface area contributed by atoms with E-state index in [1.165, 1.54) is 0 Å². The van der Waals surface area contributed by atoms with E-state index in [2.05, 4.69) is 42.1 Å². The van der Waals surface area contributed by atoms with E-state index < -0.39 is 0 Å². The smallest absolute Gasteiger partial charge is 0.156 e. The van der Waals surface area contributed by atoms with Gasteiger partial charge < -0.3 is 9.47 Å². The summed E-state index contributed by atoms with van der Waals surface area (Å²) in [5.74, 6) is 2.76. The van der Waals surface area contributed by atoms with E-state index >= 15 is 0 Å². The van der Waals surface area contributed by atoms with Crippen molar-refractivity contribution >= 4 is 43.2 Å². The molecule has 0 radical (unpaired) electrons. The van der Waals surface area contributed by atoms with Gasteiger partial charge in [0.05, 0.1) is 0 Å². The Kier molecular flexibility index (Phi) is 7.02. The number of halogens is 2. The van der Waals surface area contributed by atoms with E-state index in [-0.39, 0.29) is 0 Å². The number of ether oxygens (including phenoxy) is 2. The molecule has 0 aromatic heterocycles. The fourth-order valence-electron chi connectivity index (χ4n) is 2.99. The first kappa shape index (κ1) is 22.2. The quantitative estimate of drug-likeness (QED) is 0.224. The van der Waals surface area contributed by atoms with Crippen LogP contribution in [0.2, 0.25) is 0 Å². The third-order valence-electron chi connectivity index (χ3n) is 4.74. The van der Waals surface area contributed by atoms with Gasteiger partial charge in [0.15, 0.2) is 11.5 Å². The number of rotatable bonds is 6. The second-order valence-electron chi connectivity index (χ2n) is 7.16. The topological polar surface area (TPSA) is 43.2 Å². The van der Waals surface area contributed by atoms with Crippen molar-refractivity contribution in [3.63, 3.8) is 0 Å². The largest absolute Gasteiger partial charge is 0.455 e. The number of hydrogen-bond donors (Lipinski definition) is 0. The van der Waals surface area contributed by atoms with Gasteiger partial charge in [0.1, 0.15) is 22.9 Å². The molecule has 0 fully saturated rings. The molecule has 0 atom stereocenters. The van der Waals surface area contributed by atoms with Gasteiger partial charge in [0.2, 0.25) is 0 Å². The molecule has 0 saturated carbocycles. The molecule has 32 heavy (non-hydrogen) atoms. The van der Waals surface area contributed by atoms with Crippen LogP contribution < -0.4 is 9.47 Å². The SMILES string of the molecule is Cc1ccccc1Oc1cc(Br)ccc1N=Nc1ccc(Br)cc1Oc1ccccc1C. The van der Waals surface area contributed by atoms with Gasteiger partial charge in [-0.3, -0.25) is 0 Å². The number of nitrogens with zero attached hydrogens (tertiary/aromatic N) is 2. The second-order valence-corrected chi connectivity index (χ2v) is 8.99. The summed E-state index contributed by atoms with van der Waals surface area (Å²) in [7, 11) is 0. The van der Waals surface area contributed by atoms with Crippen LogP contribution in [0.4, 0.5) is 11.4 Å². The summed E-state index contributed by atoms with van der Waals surface area (Å²) in [6, 6.07) is 27.0. The van der Waals surface area contributed by atoms with Gasteiger partial charge >= 0.3 is 0 Å². The van der Waals surface area contributed by atoms with Crippen LogP contribution in [-0.2, 0) is 0 Å². The zero-order chi connectivity index (χ0) is 22.5. The van der Waals surface area contributed by atoms with E-state index in [1.807, 2.05) is 98.8 Å². The van der Waals surface area contributed by atoms with Crippen molar-refractivity contribution in [3.05, 3.63) is 105 Å². The minimum Gasteiger partial charge on any atom is -0.455 e. The van der Waals surface area contributed by atoms with E-state index in [9.17, 15) is 0 Å². The summed E-state index contributed by atoms with van der Waals surface area (Å²) >= 11 is 7.02. The van der Waals surface area contributed by atoms with Gasteiger partial charge in [0, 0.05) is 8.95 Å². The summed E-state index contributed by atoms with van der Waals surface area (Å²) in [6.45, 7) is 4.01. The highest BCUT2D eigenvalue weighted by atomic mass is 79.9. The first-order chi connectivity index (χ1) is 15.5. The summed E-state index contributed by atoms with van der Waals surface area (Å²) in [4.78, 5) is 0. The highest BCUT2D eigenvalue weighted by molar-refractivity contribution is 9.10. The average molecular weight is 552 g/mol. The van der Waals surface area contributed by atoms with Crippen molar-refractivity contribution < 1.29 is 9.47 Å². The van der Waals surface area contributed by atoms with Crippen LogP contribution in [0, 0.1) is 13.8 Å². The molecule has 0 saturated heterocycles. The van der Waals surface area contributed by atoms with Crippen molar-refractivity contribution in [1.29, 1.82) is 0 Å². The first-order valence-corrected chi connectivity index (χ1v) is 11.6. The third kappa shape index (κ3) is 5.44. The van der Waals surface area contributed by atoms with Gasteiger partial charge in [-0.05, 0) is 73.5 Å². The fraction of sp³-hybridized carbons (Fsp3) is 0.0769. The van der Waals surface area contributed by atoms with E-state index in [1.54, 1.807) is 0 Å². The first-order valence-electron chi connectivity index (χ1n) is 9.97. The third-order valence-corrected chi connectivity index (χ3v) is 5.72. The molecule has 0 amide bonds. The van der Waals surface area contributed by atoms with Crippen LogP contribution >= 0.6 is 31.9 Å². The molecule has 4 aromatic carbocycles. The molecular formula is C26H20Br2N2O2. The Morgan fingerprint density at radius 2 is 0.938 bits per heavy atom. The number of aryl methyl sites for hydroxylation is 2. The van der Waals surface area contributed by atoms with Gasteiger partial charge in [-0.25, -0.2) is 0 Å². The number of para-hydroxylation sites is 2. The van der Waals surface area contributed by atoms with E-state index in [0.717, 1.165) is 31.6 Å². The van der Waals surface area contributed by atoms with Crippen LogP contribution in [-0.4, -0.2) is 0 Å². The lowest BCUT2D eigenvalue weighted by atomic mass is 10.2. The van der Waals surface area contributed by atoms with Crippen LogP contribution in [0.5, 0.6) is 23.0 Å². The molecule has 4 rings (SSSR count). The molecule has 0 spiro atoms. The maximum Gasteiger partial charge on any atom is 0.156 e. The Morgan fingerprint density at radius 1 is 0.531 bits per heavy atom. The van der Waals surface area contributed by atoms with Crippen LogP contribution in [0.3, 0.4) is 0 Å². The molecule has 4 aromatic rings. The maximum atomic E-state index is 6.15. The fourth-order valence-corrected chi connectivity index (χ4v) is 3.67. The van der Waals surface area contributed by atoms with Crippen LogP contribution in [0.15, 0.2) is 104 Å². The van der Waals surface area contributed by atoms with Crippen molar-refractivity contribution in [1.82, 2.24) is 0 Å².